The van der Waals surface area contributed by atoms with Crippen molar-refractivity contribution in [1.82, 2.24) is 0 Å². The van der Waals surface area contributed by atoms with Crippen molar-refractivity contribution in [2.75, 3.05) is 20.5 Å². The van der Waals surface area contributed by atoms with Gasteiger partial charge in [0, 0.05) is 85.5 Å². The molecule has 1 N–H and O–H groups in total. The quantitative estimate of drug-likeness (QED) is 0.117. The number of ketones is 1. The van der Waals surface area contributed by atoms with E-state index >= 15 is 0 Å². The Morgan fingerprint density at radius 1 is 0.627 bits per heavy atom. The van der Waals surface area contributed by atoms with Crippen LogP contribution >= 0.6 is 80.8 Å². The van der Waals surface area contributed by atoms with Gasteiger partial charge >= 0.3 is 0 Å². The molecule has 7 aromatic rings. The molecule has 0 amide bonds. The zero-order valence-corrected chi connectivity index (χ0v) is 34.4. The Balaban J connectivity index is 0.00000220. The minimum absolute atomic E-state index is 0.180. The molecular formula is C40H36O4S7. The van der Waals surface area contributed by atoms with Crippen LogP contribution in [-0.4, -0.2) is 31.4 Å². The summed E-state index contributed by atoms with van der Waals surface area (Å²) in [5.74, 6) is 1.05. The Kier molecular flexibility index (Phi) is 13.1. The predicted octanol–water partition coefficient (Wildman–Crippen LogP) is 13.6. The van der Waals surface area contributed by atoms with E-state index in [0.29, 0.717) is 6.42 Å². The fourth-order valence-electron chi connectivity index (χ4n) is 5.55. The smallest absolute Gasteiger partial charge is 0.137 e. The first-order valence-corrected chi connectivity index (χ1v) is 22.0. The molecule has 0 saturated carbocycles. The fourth-order valence-corrected chi connectivity index (χ4v) is 12.2. The number of aliphatic hydroxyl groups excluding tert-OH is 1. The summed E-state index contributed by atoms with van der Waals surface area (Å²) >= 11 is 11.9. The highest BCUT2D eigenvalue weighted by Gasteiger charge is 2.20. The molecule has 262 valence electrons. The average Bonchev–Trinajstić information content (AvgIpc) is 3.99. The number of aliphatic hydroxyl groups is 1. The van der Waals surface area contributed by atoms with Crippen LogP contribution in [0.3, 0.4) is 0 Å². The Hall–Kier alpha value is -2.97. The van der Waals surface area contributed by atoms with Crippen molar-refractivity contribution in [2.24, 2.45) is 0 Å². The number of Topliss-reactive ketones (excluding diaryl/α,β-unsaturated/α-hetero) is 1. The lowest BCUT2D eigenvalue weighted by atomic mass is 10.1. The minimum Gasteiger partial charge on any atom is -0.426 e. The van der Waals surface area contributed by atoms with Gasteiger partial charge in [-0.15, -0.1) is 56.7 Å². The summed E-state index contributed by atoms with van der Waals surface area (Å²) in [5, 5.41) is 7.00. The topological polar surface area (TPSA) is 55.8 Å². The zero-order chi connectivity index (χ0) is 35.9. The van der Waals surface area contributed by atoms with Crippen molar-refractivity contribution in [2.45, 2.75) is 31.6 Å². The van der Waals surface area contributed by atoms with Gasteiger partial charge in [-0.05, 0) is 121 Å². The summed E-state index contributed by atoms with van der Waals surface area (Å²) in [6, 6.07) is 34.7. The number of rotatable bonds is 13. The third kappa shape index (κ3) is 8.81. The number of benzene rings is 2. The molecule has 7 rings (SSSR count). The van der Waals surface area contributed by atoms with Crippen LogP contribution in [0, 0.1) is 0 Å². The molecule has 0 fully saturated rings. The van der Waals surface area contributed by atoms with Crippen LogP contribution in [0.1, 0.15) is 25.0 Å². The van der Waals surface area contributed by atoms with Gasteiger partial charge in [0.1, 0.15) is 11.5 Å². The normalized spacial score (nSPS) is 11.0. The molecule has 0 atom stereocenters. The molecule has 0 bridgehead atoms. The van der Waals surface area contributed by atoms with E-state index in [1.165, 1.54) is 89.5 Å². The molecule has 0 spiro atoms. The van der Waals surface area contributed by atoms with Gasteiger partial charge in [-0.3, -0.25) is 4.79 Å². The molecule has 0 radical (unpaired) electrons. The van der Waals surface area contributed by atoms with Gasteiger partial charge < -0.3 is 13.5 Å². The van der Waals surface area contributed by atoms with Crippen LogP contribution in [0.25, 0.3) is 59.9 Å². The second-order valence-corrected chi connectivity index (χ2v) is 18.0. The lowest BCUT2D eigenvalue weighted by Crippen LogP contribution is -1.95. The summed E-state index contributed by atoms with van der Waals surface area (Å²) in [7, 11) is 2.68. The maximum Gasteiger partial charge on any atom is 0.137 e. The molecule has 0 aliphatic heterocycles. The summed E-state index contributed by atoms with van der Waals surface area (Å²) in [4.78, 5) is 26.0. The number of hydrogen-bond donors (Lipinski definition) is 1. The molecule has 5 aromatic heterocycles. The van der Waals surface area contributed by atoms with Gasteiger partial charge in [0.05, 0.1) is 19.2 Å². The number of thiophene rings is 5. The first-order valence-electron chi connectivity index (χ1n) is 16.0. The van der Waals surface area contributed by atoms with E-state index in [4.69, 9.17) is 13.5 Å². The van der Waals surface area contributed by atoms with Gasteiger partial charge in [0.15, 0.2) is 0 Å². The summed E-state index contributed by atoms with van der Waals surface area (Å²) < 4.78 is 10.7. The number of carbonyl (C=O) groups excluding carboxylic acids is 1. The monoisotopic (exact) mass is 804 g/mol. The van der Waals surface area contributed by atoms with Crippen molar-refractivity contribution >= 4 is 86.6 Å². The van der Waals surface area contributed by atoms with Gasteiger partial charge in [-0.25, -0.2) is 0 Å². The highest BCUT2D eigenvalue weighted by atomic mass is 32.2. The predicted molar refractivity (Wildman–Crippen MR) is 227 cm³/mol. The number of carbonyl (C=O) groups is 1. The second-order valence-electron chi connectivity index (χ2n) is 11.2. The van der Waals surface area contributed by atoms with Gasteiger partial charge in [-0.2, -0.15) is 0 Å². The second kappa shape index (κ2) is 17.7. The summed E-state index contributed by atoms with van der Waals surface area (Å²) in [6.07, 6.45) is 3.33. The molecule has 0 aliphatic carbocycles. The van der Waals surface area contributed by atoms with E-state index in [2.05, 4.69) is 91.9 Å². The van der Waals surface area contributed by atoms with Crippen LogP contribution < -0.4 is 4.18 Å². The van der Waals surface area contributed by atoms with E-state index in [-0.39, 0.29) is 5.78 Å². The first-order chi connectivity index (χ1) is 24.9. The van der Waals surface area contributed by atoms with Crippen molar-refractivity contribution in [1.29, 1.82) is 0 Å². The highest BCUT2D eigenvalue weighted by Crippen LogP contribution is 2.49. The lowest BCUT2D eigenvalue weighted by Gasteiger charge is -2.01. The maximum atomic E-state index is 12.4. The molecule has 4 nitrogen and oxygen atoms in total. The van der Waals surface area contributed by atoms with Crippen LogP contribution in [0.2, 0.25) is 0 Å². The van der Waals surface area contributed by atoms with Crippen LogP contribution in [0.5, 0.6) is 5.75 Å². The number of aryl methyl sites for hydroxylation is 1. The Morgan fingerprint density at radius 3 is 1.61 bits per heavy atom. The molecular weight excluding hydrogens is 769 g/mol. The van der Waals surface area contributed by atoms with Crippen molar-refractivity contribution in [3.8, 4) is 65.6 Å². The van der Waals surface area contributed by atoms with E-state index in [1.807, 2.05) is 52.4 Å². The van der Waals surface area contributed by atoms with E-state index < -0.39 is 0 Å². The van der Waals surface area contributed by atoms with Crippen LogP contribution in [0.15, 0.2) is 102 Å². The largest absolute Gasteiger partial charge is 0.426 e. The molecule has 51 heavy (non-hydrogen) atoms. The highest BCUT2D eigenvalue weighted by molar-refractivity contribution is 7.94. The average molecular weight is 805 g/mol. The third-order valence-corrected chi connectivity index (χ3v) is 15.3. The molecule has 0 saturated heterocycles. The van der Waals surface area contributed by atoms with Gasteiger partial charge in [0.2, 0.25) is 0 Å². The first kappa shape index (κ1) is 37.8. The minimum atomic E-state index is 0.180. The Labute approximate surface area is 328 Å². The lowest BCUT2D eigenvalue weighted by molar-refractivity contribution is -0.116. The van der Waals surface area contributed by atoms with E-state index in [9.17, 15) is 4.79 Å². The number of hydrogen-bond acceptors (Lipinski definition) is 11. The van der Waals surface area contributed by atoms with Crippen molar-refractivity contribution in [3.63, 3.8) is 0 Å². The summed E-state index contributed by atoms with van der Waals surface area (Å²) in [5.41, 5.74) is 4.87. The SMILES string of the molecule is CCc1cc(-c2ccc(-c3ccc(OSC)cc3)s2)sc1-c1ccc(-c2sc(-c3ccc(-c4ccc(SOC)cc4)s3)cc2CC(C)=O)s1.CO. The third-order valence-electron chi connectivity index (χ3n) is 7.83. The van der Waals surface area contributed by atoms with E-state index in [1.54, 1.807) is 36.7 Å². The Bertz CT molecular complexity index is 2200. The Morgan fingerprint density at radius 2 is 1.10 bits per heavy atom. The zero-order valence-electron chi connectivity index (χ0n) is 28.7. The molecule has 2 aromatic carbocycles. The van der Waals surface area contributed by atoms with E-state index in [0.717, 1.165) is 29.7 Å². The van der Waals surface area contributed by atoms with Gasteiger partial charge in [-0.1, -0.05) is 19.1 Å². The molecule has 5 heterocycles. The van der Waals surface area contributed by atoms with Gasteiger partial charge in [0.25, 0.3) is 0 Å². The molecule has 0 unspecified atom stereocenters. The van der Waals surface area contributed by atoms with Crippen molar-refractivity contribution < 1.29 is 18.3 Å². The summed E-state index contributed by atoms with van der Waals surface area (Å²) in [6.45, 7) is 3.92. The van der Waals surface area contributed by atoms with Crippen LogP contribution in [0.4, 0.5) is 0 Å². The molecule has 0 aliphatic rings. The maximum absolute atomic E-state index is 12.4. The molecule has 11 heteroatoms. The van der Waals surface area contributed by atoms with Crippen molar-refractivity contribution in [3.05, 3.63) is 108 Å². The standard InChI is InChI=1S/C39H32O3S7.CH4O/c1-5-24-21-36(32-16-14-30(44-32)25-6-10-28(11-7-25)42-43-4)47-38(24)34-18-19-35(46-34)39-27(20-23(2)40)22-37(48-39)33-17-15-31(45-33)26-8-12-29(13-9-26)49-41-3;1-2/h6-19,21-22H,5,20H2,1-4H3;2H,1H3. The van der Waals surface area contributed by atoms with Crippen LogP contribution in [-0.2, 0) is 21.8 Å². The fraction of sp³-hybridized carbons (Fsp3) is 0.175.